The predicted octanol–water partition coefficient (Wildman–Crippen LogP) is 4.58. The number of nitrogens with zero attached hydrogens (tertiary/aromatic N) is 2. The van der Waals surface area contributed by atoms with Gasteiger partial charge in [0, 0.05) is 19.0 Å². The molecule has 0 unspecified atom stereocenters. The second kappa shape index (κ2) is 10.4. The van der Waals surface area contributed by atoms with Crippen LogP contribution in [0.1, 0.15) is 79.7 Å². The Hall–Kier alpha value is -2.82. The number of rotatable bonds is 6. The maximum absolute atomic E-state index is 13.9. The summed E-state index contributed by atoms with van der Waals surface area (Å²) in [6.45, 7) is 6.80. The lowest BCUT2D eigenvalue weighted by Crippen LogP contribution is -2.47. The number of alkyl halides is 3. The van der Waals surface area contributed by atoms with Gasteiger partial charge >= 0.3 is 6.18 Å². The number of amides is 1. The van der Waals surface area contributed by atoms with Crippen molar-refractivity contribution in [2.75, 3.05) is 11.9 Å². The van der Waals surface area contributed by atoms with Crippen LogP contribution in [0.5, 0.6) is 0 Å². The van der Waals surface area contributed by atoms with Crippen LogP contribution in [0.3, 0.4) is 0 Å². The molecule has 0 saturated heterocycles. The van der Waals surface area contributed by atoms with Crippen LogP contribution in [0.2, 0.25) is 0 Å². The number of hydrogen-bond donors (Lipinski definition) is 4. The summed E-state index contributed by atoms with van der Waals surface area (Å²) in [6.07, 6.45) is -2.85. The molecule has 3 rings (SSSR count). The van der Waals surface area contributed by atoms with Gasteiger partial charge in [-0.25, -0.2) is 4.68 Å². The third-order valence-electron chi connectivity index (χ3n) is 5.53. The fourth-order valence-corrected chi connectivity index (χ4v) is 3.77. The van der Waals surface area contributed by atoms with Gasteiger partial charge in [0.15, 0.2) is 16.8 Å². The van der Waals surface area contributed by atoms with Crippen molar-refractivity contribution < 1.29 is 18.0 Å². The monoisotopic (exact) mass is 482 g/mol. The van der Waals surface area contributed by atoms with E-state index in [1.54, 1.807) is 0 Å². The van der Waals surface area contributed by atoms with E-state index in [1.165, 1.54) is 6.07 Å². The van der Waals surface area contributed by atoms with Crippen molar-refractivity contribution in [1.29, 1.82) is 0 Å². The Morgan fingerprint density at radius 2 is 1.97 bits per heavy atom. The first kappa shape index (κ1) is 24.8. The molecule has 0 aliphatic carbocycles. The normalized spacial score (nSPS) is 17.8. The Morgan fingerprint density at radius 3 is 2.58 bits per heavy atom. The first-order valence-corrected chi connectivity index (χ1v) is 11.4. The number of halogens is 3. The summed E-state index contributed by atoms with van der Waals surface area (Å²) in [7, 11) is 0. The molecule has 4 N–H and O–H groups in total. The van der Waals surface area contributed by atoms with Crippen molar-refractivity contribution in [2.45, 2.75) is 64.2 Å². The molecular formula is C22H29F3N6OS. The van der Waals surface area contributed by atoms with E-state index in [0.717, 1.165) is 28.7 Å². The fourth-order valence-electron chi connectivity index (χ4n) is 3.62. The van der Waals surface area contributed by atoms with E-state index in [0.29, 0.717) is 12.5 Å². The lowest BCUT2D eigenvalue weighted by atomic mass is 9.94. The van der Waals surface area contributed by atoms with Gasteiger partial charge < -0.3 is 10.6 Å². The summed E-state index contributed by atoms with van der Waals surface area (Å²) < 4.78 is 42.4. The number of carbonyl (C=O) groups excluding carboxylic acids is 1. The van der Waals surface area contributed by atoms with Gasteiger partial charge in [0.1, 0.15) is 5.82 Å². The van der Waals surface area contributed by atoms with Crippen LogP contribution in [0, 0.1) is 0 Å². The van der Waals surface area contributed by atoms with Crippen LogP contribution in [0.25, 0.3) is 0 Å². The lowest BCUT2D eigenvalue weighted by Gasteiger charge is -2.33. The van der Waals surface area contributed by atoms with E-state index in [2.05, 4.69) is 40.4 Å². The van der Waals surface area contributed by atoms with Crippen molar-refractivity contribution in [3.05, 3.63) is 47.2 Å². The number of benzene rings is 1. The van der Waals surface area contributed by atoms with E-state index in [-0.39, 0.29) is 23.0 Å². The first-order valence-electron chi connectivity index (χ1n) is 11.0. The average molecular weight is 483 g/mol. The van der Waals surface area contributed by atoms with E-state index < -0.39 is 24.2 Å². The van der Waals surface area contributed by atoms with Gasteiger partial charge in [0.25, 0.3) is 5.91 Å². The number of hydrogen-bond acceptors (Lipinski definition) is 4. The van der Waals surface area contributed by atoms with Crippen LogP contribution < -0.4 is 21.5 Å². The van der Waals surface area contributed by atoms with E-state index >= 15 is 0 Å². The van der Waals surface area contributed by atoms with Crippen LogP contribution in [0.15, 0.2) is 30.3 Å². The molecule has 0 fully saturated rings. The molecule has 33 heavy (non-hydrogen) atoms. The van der Waals surface area contributed by atoms with Gasteiger partial charge in [-0.3, -0.25) is 15.6 Å². The van der Waals surface area contributed by atoms with Crippen LogP contribution in [0.4, 0.5) is 19.0 Å². The molecule has 0 saturated carbocycles. The minimum absolute atomic E-state index is 0.135. The minimum atomic E-state index is -4.52. The molecule has 2 aromatic rings. The summed E-state index contributed by atoms with van der Waals surface area (Å²) in [6, 6.07) is 6.45. The number of unbranched alkanes of at least 4 members (excludes halogenated alkanes) is 1. The topological polar surface area (TPSA) is 83.0 Å². The Labute approximate surface area is 196 Å². The van der Waals surface area contributed by atoms with E-state index in [1.807, 2.05) is 31.2 Å². The summed E-state index contributed by atoms with van der Waals surface area (Å²) >= 11 is 5.06. The maximum atomic E-state index is 13.9. The molecular weight excluding hydrogens is 453 g/mol. The molecule has 1 amide bonds. The largest absolute Gasteiger partial charge is 0.410 e. The van der Waals surface area contributed by atoms with Gasteiger partial charge in [0.05, 0.1) is 6.04 Å². The molecule has 0 radical (unpaired) electrons. The third kappa shape index (κ3) is 6.16. The molecule has 7 nitrogen and oxygen atoms in total. The molecule has 1 aliphatic rings. The third-order valence-corrected chi connectivity index (χ3v) is 5.78. The van der Waals surface area contributed by atoms with Crippen molar-refractivity contribution in [1.82, 2.24) is 25.9 Å². The second-order valence-electron chi connectivity index (χ2n) is 8.36. The molecule has 2 heterocycles. The number of nitrogens with one attached hydrogen (secondary N) is 4. The maximum Gasteiger partial charge on any atom is 0.410 e. The molecule has 0 bridgehead atoms. The standard InChI is InChI=1S/C22H29F3N6OS/c1-4-5-10-26-21(33)29-28-20(32)17-12-19-27-16(11-18(22(23,24)25)31(19)30-17)15-8-6-14(7-9-15)13(2)3/h6-9,12-13,16,18,27H,4-5,10-11H2,1-3H3,(H,28,32)(H2,26,29,33)/t16-,18-/m1/s1. The number of fused-ring (bicyclic) bond motifs is 1. The van der Waals surface area contributed by atoms with Crippen molar-refractivity contribution in [3.63, 3.8) is 0 Å². The number of hydrazine groups is 1. The van der Waals surface area contributed by atoms with Gasteiger partial charge in [0.2, 0.25) is 0 Å². The van der Waals surface area contributed by atoms with Gasteiger partial charge in [-0.15, -0.1) is 0 Å². The molecule has 0 spiro atoms. The highest BCUT2D eigenvalue weighted by molar-refractivity contribution is 7.80. The fraction of sp³-hybridized carbons (Fsp3) is 0.500. The van der Waals surface area contributed by atoms with Gasteiger partial charge in [-0.1, -0.05) is 51.5 Å². The summed E-state index contributed by atoms with van der Waals surface area (Å²) in [5.41, 5.74) is 6.62. The molecule has 2 atom stereocenters. The SMILES string of the molecule is CCCCNC(=S)NNC(=O)c1cc2n(n1)[C@@H](C(F)(F)F)C[C@H](c1ccc(C(C)C)cc1)N2. The highest BCUT2D eigenvalue weighted by Gasteiger charge is 2.46. The molecule has 11 heteroatoms. The molecule has 180 valence electrons. The van der Waals surface area contributed by atoms with Crippen molar-refractivity contribution in [3.8, 4) is 0 Å². The van der Waals surface area contributed by atoms with Crippen LogP contribution in [-0.4, -0.2) is 33.5 Å². The van der Waals surface area contributed by atoms with Crippen LogP contribution >= 0.6 is 12.2 Å². The quantitative estimate of drug-likeness (QED) is 0.274. The van der Waals surface area contributed by atoms with E-state index in [9.17, 15) is 18.0 Å². The molecule has 1 aromatic heterocycles. The second-order valence-corrected chi connectivity index (χ2v) is 8.77. The number of aromatic nitrogens is 2. The summed E-state index contributed by atoms with van der Waals surface area (Å²) in [5, 5.41) is 10.2. The molecule has 1 aromatic carbocycles. The van der Waals surface area contributed by atoms with Gasteiger partial charge in [-0.2, -0.15) is 18.3 Å². The average Bonchev–Trinajstić information content (AvgIpc) is 3.20. The van der Waals surface area contributed by atoms with Gasteiger partial charge in [-0.05, 0) is 35.7 Å². The highest BCUT2D eigenvalue weighted by Crippen LogP contribution is 2.43. The Bertz CT molecular complexity index is 974. The van der Waals surface area contributed by atoms with E-state index in [4.69, 9.17) is 12.2 Å². The highest BCUT2D eigenvalue weighted by atomic mass is 32.1. The number of carbonyl (C=O) groups is 1. The molecule has 1 aliphatic heterocycles. The first-order chi connectivity index (χ1) is 15.6. The Balaban J connectivity index is 1.76. The zero-order valence-electron chi connectivity index (χ0n) is 18.8. The van der Waals surface area contributed by atoms with Crippen LogP contribution in [-0.2, 0) is 0 Å². The zero-order valence-corrected chi connectivity index (χ0v) is 19.6. The number of anilines is 1. The Kier molecular flexibility index (Phi) is 7.83. The Morgan fingerprint density at radius 1 is 1.27 bits per heavy atom. The summed E-state index contributed by atoms with van der Waals surface area (Å²) in [5.74, 6) is -0.223. The lowest BCUT2D eigenvalue weighted by molar-refractivity contribution is -0.173. The zero-order chi connectivity index (χ0) is 24.2. The number of thiocarbonyl (C=S) groups is 1. The minimum Gasteiger partial charge on any atom is -0.363 e. The predicted molar refractivity (Wildman–Crippen MR) is 125 cm³/mol. The summed E-state index contributed by atoms with van der Waals surface area (Å²) in [4.78, 5) is 12.5. The van der Waals surface area contributed by atoms with Crippen molar-refractivity contribution >= 4 is 29.1 Å². The smallest absolute Gasteiger partial charge is 0.363 e. The van der Waals surface area contributed by atoms with Crippen molar-refractivity contribution in [2.24, 2.45) is 0 Å².